The quantitative estimate of drug-likeness (QED) is 0.929. The zero-order chi connectivity index (χ0) is 10.8. The number of likely N-dealkylation sites (tertiary alicyclic amines) is 1. The number of hydrogen-bond donors (Lipinski definition) is 1. The van der Waals surface area contributed by atoms with Crippen molar-refractivity contribution in [2.24, 2.45) is 5.92 Å². The summed E-state index contributed by atoms with van der Waals surface area (Å²) in [6.45, 7) is 2.44. The monoisotopic (exact) mass is 289 g/mol. The van der Waals surface area contributed by atoms with Gasteiger partial charge in [-0.2, -0.15) is 0 Å². The molecule has 2 rings (SSSR count). The fraction of sp³-hybridized carbons (Fsp3) is 0.500. The highest BCUT2D eigenvalue weighted by atomic mass is 79.9. The normalized spacial score (nSPS) is 22.1. The first-order valence-corrected chi connectivity index (χ1v) is 6.50. The van der Waals surface area contributed by atoms with Gasteiger partial charge in [-0.25, -0.2) is 0 Å². The molecule has 1 N–H and O–H groups in total. The minimum atomic E-state index is -0.663. The van der Waals surface area contributed by atoms with Gasteiger partial charge in [-0.05, 0) is 45.9 Å². The molecule has 3 nitrogen and oxygen atoms in total. The lowest BCUT2D eigenvalue weighted by molar-refractivity contribution is -0.141. The van der Waals surface area contributed by atoms with E-state index in [4.69, 9.17) is 5.11 Å². The molecule has 0 radical (unpaired) electrons. The summed E-state index contributed by atoms with van der Waals surface area (Å²) < 4.78 is 1.13. The summed E-state index contributed by atoms with van der Waals surface area (Å²) in [5, 5.41) is 11.0. The van der Waals surface area contributed by atoms with Crippen molar-refractivity contribution in [3.63, 3.8) is 0 Å². The molecule has 0 amide bonds. The molecule has 1 aromatic rings. The maximum absolute atomic E-state index is 10.8. The summed E-state index contributed by atoms with van der Waals surface area (Å²) in [7, 11) is 0. The second kappa shape index (κ2) is 4.63. The highest BCUT2D eigenvalue weighted by molar-refractivity contribution is 9.11. The molecule has 1 aliphatic rings. The number of carbonyl (C=O) groups is 1. The number of nitrogens with zero attached hydrogens (tertiary/aromatic N) is 1. The number of thiophene rings is 1. The molecule has 5 heteroatoms. The van der Waals surface area contributed by atoms with Crippen LogP contribution in [0.2, 0.25) is 0 Å². The smallest absolute Gasteiger partial charge is 0.307 e. The number of carboxylic acids is 1. The Balaban J connectivity index is 1.90. The Morgan fingerprint density at radius 2 is 2.53 bits per heavy atom. The lowest BCUT2D eigenvalue weighted by atomic mass is 10.1. The first-order chi connectivity index (χ1) is 7.15. The number of aliphatic carboxylic acids is 1. The van der Waals surface area contributed by atoms with Gasteiger partial charge < -0.3 is 5.11 Å². The molecule has 1 atom stereocenters. The van der Waals surface area contributed by atoms with Crippen molar-refractivity contribution < 1.29 is 9.90 Å². The highest BCUT2D eigenvalue weighted by Crippen LogP contribution is 2.24. The molecule has 1 unspecified atom stereocenters. The van der Waals surface area contributed by atoms with Crippen LogP contribution in [0.5, 0.6) is 0 Å². The van der Waals surface area contributed by atoms with E-state index in [9.17, 15) is 4.79 Å². The van der Waals surface area contributed by atoms with E-state index < -0.39 is 5.97 Å². The van der Waals surface area contributed by atoms with Crippen LogP contribution < -0.4 is 0 Å². The van der Waals surface area contributed by atoms with Gasteiger partial charge in [-0.3, -0.25) is 9.69 Å². The number of halogens is 1. The Bertz CT molecular complexity index is 366. The van der Waals surface area contributed by atoms with Crippen LogP contribution in [0.1, 0.15) is 12.0 Å². The predicted octanol–water partition coefficient (Wildman–Crippen LogP) is 2.42. The van der Waals surface area contributed by atoms with Crippen LogP contribution in [0, 0.1) is 5.92 Å². The zero-order valence-corrected chi connectivity index (χ0v) is 10.6. The minimum absolute atomic E-state index is 0.174. The van der Waals surface area contributed by atoms with E-state index in [1.807, 2.05) is 0 Å². The first kappa shape index (κ1) is 11.1. The van der Waals surface area contributed by atoms with Gasteiger partial charge >= 0.3 is 5.97 Å². The standard InChI is InChI=1S/C10H12BrNO2S/c11-9-3-7(6-15-9)4-12-2-1-8(5-12)10(13)14/h3,6,8H,1-2,4-5H2,(H,13,14). The van der Waals surface area contributed by atoms with Gasteiger partial charge in [-0.15, -0.1) is 11.3 Å². The lowest BCUT2D eigenvalue weighted by Crippen LogP contribution is -2.22. The van der Waals surface area contributed by atoms with E-state index in [0.717, 1.165) is 23.3 Å². The average Bonchev–Trinajstić information content (AvgIpc) is 2.76. The second-order valence-electron chi connectivity index (χ2n) is 3.82. The molecule has 1 fully saturated rings. The molecule has 0 aromatic carbocycles. The average molecular weight is 290 g/mol. The van der Waals surface area contributed by atoms with Crippen LogP contribution in [0.4, 0.5) is 0 Å². The van der Waals surface area contributed by atoms with Crippen LogP contribution >= 0.6 is 27.3 Å². The van der Waals surface area contributed by atoms with Crippen LogP contribution in [0.3, 0.4) is 0 Å². The Morgan fingerprint density at radius 1 is 1.73 bits per heavy atom. The molecule has 2 heterocycles. The fourth-order valence-electron chi connectivity index (χ4n) is 1.86. The molecule has 0 aliphatic carbocycles. The molecule has 0 bridgehead atoms. The summed E-state index contributed by atoms with van der Waals surface area (Å²) in [5.74, 6) is -0.837. The largest absolute Gasteiger partial charge is 0.481 e. The zero-order valence-electron chi connectivity index (χ0n) is 8.15. The van der Waals surface area contributed by atoms with E-state index in [0.29, 0.717) is 6.54 Å². The molecular formula is C10H12BrNO2S. The van der Waals surface area contributed by atoms with Crippen LogP contribution in [0.25, 0.3) is 0 Å². The Hall–Kier alpha value is -0.390. The van der Waals surface area contributed by atoms with Gasteiger partial charge in [0, 0.05) is 13.1 Å². The third-order valence-electron chi connectivity index (χ3n) is 2.65. The lowest BCUT2D eigenvalue weighted by Gasteiger charge is -2.13. The van der Waals surface area contributed by atoms with E-state index in [-0.39, 0.29) is 5.92 Å². The Labute approximate surface area is 101 Å². The predicted molar refractivity (Wildman–Crippen MR) is 63.0 cm³/mol. The van der Waals surface area contributed by atoms with Gasteiger partial charge in [-0.1, -0.05) is 0 Å². The third-order valence-corrected chi connectivity index (χ3v) is 4.20. The van der Waals surface area contributed by atoms with Crippen LogP contribution in [-0.4, -0.2) is 29.1 Å². The molecule has 1 saturated heterocycles. The molecule has 1 aliphatic heterocycles. The maximum Gasteiger partial charge on any atom is 0.307 e. The molecule has 0 saturated carbocycles. The summed E-state index contributed by atoms with van der Waals surface area (Å²) in [6.07, 6.45) is 0.778. The van der Waals surface area contributed by atoms with Crippen molar-refractivity contribution in [2.45, 2.75) is 13.0 Å². The van der Waals surface area contributed by atoms with E-state index in [2.05, 4.69) is 32.3 Å². The fourth-order valence-corrected chi connectivity index (χ4v) is 3.07. The second-order valence-corrected chi connectivity index (χ2v) is 6.11. The van der Waals surface area contributed by atoms with Crippen molar-refractivity contribution in [1.29, 1.82) is 0 Å². The Morgan fingerprint density at radius 3 is 3.07 bits per heavy atom. The van der Waals surface area contributed by atoms with Crippen molar-refractivity contribution in [3.8, 4) is 0 Å². The maximum atomic E-state index is 10.8. The van der Waals surface area contributed by atoms with E-state index >= 15 is 0 Å². The number of rotatable bonds is 3. The third kappa shape index (κ3) is 2.80. The minimum Gasteiger partial charge on any atom is -0.481 e. The summed E-state index contributed by atoms with van der Waals surface area (Å²) in [6, 6.07) is 2.10. The van der Waals surface area contributed by atoms with Gasteiger partial charge in [0.25, 0.3) is 0 Å². The van der Waals surface area contributed by atoms with Gasteiger partial charge in [0.2, 0.25) is 0 Å². The molecular weight excluding hydrogens is 278 g/mol. The Kier molecular flexibility index (Phi) is 3.43. The van der Waals surface area contributed by atoms with Gasteiger partial charge in [0.1, 0.15) is 0 Å². The van der Waals surface area contributed by atoms with Gasteiger partial charge in [0.05, 0.1) is 9.70 Å². The SMILES string of the molecule is O=C(O)C1CCN(Cc2csc(Br)c2)C1. The molecule has 0 spiro atoms. The molecule has 15 heavy (non-hydrogen) atoms. The first-order valence-electron chi connectivity index (χ1n) is 4.83. The highest BCUT2D eigenvalue weighted by Gasteiger charge is 2.27. The van der Waals surface area contributed by atoms with Gasteiger partial charge in [0.15, 0.2) is 0 Å². The molecule has 82 valence electrons. The number of hydrogen-bond acceptors (Lipinski definition) is 3. The van der Waals surface area contributed by atoms with Crippen molar-refractivity contribution >= 4 is 33.2 Å². The van der Waals surface area contributed by atoms with Crippen molar-refractivity contribution in [1.82, 2.24) is 4.90 Å². The summed E-state index contributed by atoms with van der Waals surface area (Å²) in [4.78, 5) is 13.0. The van der Waals surface area contributed by atoms with E-state index in [1.165, 1.54) is 5.56 Å². The van der Waals surface area contributed by atoms with Crippen LogP contribution in [0.15, 0.2) is 15.2 Å². The summed E-state index contributed by atoms with van der Waals surface area (Å²) in [5.41, 5.74) is 1.26. The summed E-state index contributed by atoms with van der Waals surface area (Å²) >= 11 is 5.09. The number of carboxylic acid groups (broad SMARTS) is 1. The topological polar surface area (TPSA) is 40.5 Å². The van der Waals surface area contributed by atoms with Crippen molar-refractivity contribution in [3.05, 3.63) is 20.8 Å². The van der Waals surface area contributed by atoms with Crippen molar-refractivity contribution in [2.75, 3.05) is 13.1 Å². The van der Waals surface area contributed by atoms with Crippen LogP contribution in [-0.2, 0) is 11.3 Å². The van der Waals surface area contributed by atoms with E-state index in [1.54, 1.807) is 11.3 Å². The molecule has 1 aromatic heterocycles.